The number of amides is 1. The number of allylic oxidation sites excluding steroid dienone is 1. The Morgan fingerprint density at radius 3 is 2.69 bits per heavy atom. The van der Waals surface area contributed by atoms with Gasteiger partial charge in [0.25, 0.3) is 5.56 Å². The fourth-order valence-corrected chi connectivity index (χ4v) is 5.37. The summed E-state index contributed by atoms with van der Waals surface area (Å²) in [5.74, 6) is -0.704. The van der Waals surface area contributed by atoms with Gasteiger partial charge in [-0.1, -0.05) is 54.2 Å². The molecule has 2 heterocycles. The van der Waals surface area contributed by atoms with Crippen molar-refractivity contribution < 1.29 is 14.3 Å². The van der Waals surface area contributed by atoms with Crippen molar-refractivity contribution in [2.75, 3.05) is 11.1 Å². The van der Waals surface area contributed by atoms with Crippen LogP contribution in [0, 0.1) is 0 Å². The van der Waals surface area contributed by atoms with Gasteiger partial charge in [-0.05, 0) is 37.6 Å². The van der Waals surface area contributed by atoms with Crippen LogP contribution in [-0.4, -0.2) is 33.3 Å². The maximum Gasteiger partial charge on any atom is 0.338 e. The van der Waals surface area contributed by atoms with E-state index < -0.39 is 5.97 Å². The van der Waals surface area contributed by atoms with Crippen molar-refractivity contribution >= 4 is 50.9 Å². The maximum absolute atomic E-state index is 13.4. The lowest BCUT2D eigenvalue weighted by molar-refractivity contribution is -0.113. The van der Waals surface area contributed by atoms with E-state index in [0.717, 1.165) is 11.1 Å². The molecular formula is C27H25N3O4S2. The minimum Gasteiger partial charge on any atom is -0.459 e. The number of esters is 1. The first-order valence-corrected chi connectivity index (χ1v) is 13.2. The van der Waals surface area contributed by atoms with Crippen molar-refractivity contribution in [3.8, 4) is 11.1 Å². The molecule has 1 N–H and O–H groups in total. The predicted molar refractivity (Wildman–Crippen MR) is 146 cm³/mol. The van der Waals surface area contributed by atoms with Crippen molar-refractivity contribution in [3.05, 3.63) is 88.5 Å². The minimum absolute atomic E-state index is 0.0344. The second kappa shape index (κ2) is 11.4. The van der Waals surface area contributed by atoms with Crippen LogP contribution in [0.4, 0.5) is 5.69 Å². The van der Waals surface area contributed by atoms with Crippen molar-refractivity contribution in [2.24, 2.45) is 0 Å². The lowest BCUT2D eigenvalue weighted by atomic mass is 10.1. The number of benzene rings is 2. The molecule has 7 nitrogen and oxygen atoms in total. The Kier molecular flexibility index (Phi) is 8.02. The summed E-state index contributed by atoms with van der Waals surface area (Å²) >= 11 is 2.58. The molecule has 0 aliphatic heterocycles. The van der Waals surface area contributed by atoms with E-state index in [2.05, 4.69) is 11.9 Å². The smallest absolute Gasteiger partial charge is 0.338 e. The van der Waals surface area contributed by atoms with Crippen LogP contribution in [0.15, 0.2) is 82.6 Å². The molecule has 2 aromatic heterocycles. The summed E-state index contributed by atoms with van der Waals surface area (Å²) in [7, 11) is 0. The lowest BCUT2D eigenvalue weighted by Crippen LogP contribution is -2.23. The number of ether oxygens (including phenoxy) is 1. The number of thiophene rings is 1. The summed E-state index contributed by atoms with van der Waals surface area (Å²) in [6.45, 7) is 7.59. The molecule has 4 aromatic rings. The Bertz CT molecular complexity index is 1480. The van der Waals surface area contributed by atoms with Gasteiger partial charge in [0.15, 0.2) is 5.16 Å². The van der Waals surface area contributed by atoms with E-state index in [1.807, 2.05) is 35.7 Å². The van der Waals surface area contributed by atoms with Crippen LogP contribution in [0.25, 0.3) is 21.3 Å². The Labute approximate surface area is 216 Å². The summed E-state index contributed by atoms with van der Waals surface area (Å²) in [5.41, 5.74) is 2.46. The summed E-state index contributed by atoms with van der Waals surface area (Å²) in [6, 6.07) is 16.3. The number of hydrogen-bond donors (Lipinski definition) is 1. The molecule has 0 aliphatic rings. The number of fused-ring (bicyclic) bond motifs is 1. The Hall–Kier alpha value is -3.69. The minimum atomic E-state index is -0.452. The molecule has 184 valence electrons. The SMILES string of the molecule is C=CCn1c(SCC(=O)Nc2cccc(C(=O)OC(C)C)c2)nc2scc(-c3ccccc3)c2c1=O. The highest BCUT2D eigenvalue weighted by Crippen LogP contribution is 2.32. The number of rotatable bonds is 9. The highest BCUT2D eigenvalue weighted by atomic mass is 32.2. The lowest BCUT2D eigenvalue weighted by Gasteiger charge is -2.12. The molecule has 36 heavy (non-hydrogen) atoms. The molecule has 0 aliphatic carbocycles. The van der Waals surface area contributed by atoms with Crippen molar-refractivity contribution in [1.29, 1.82) is 0 Å². The Balaban J connectivity index is 1.54. The first-order chi connectivity index (χ1) is 17.4. The van der Waals surface area contributed by atoms with Crippen molar-refractivity contribution in [2.45, 2.75) is 31.7 Å². The van der Waals surface area contributed by atoms with Gasteiger partial charge in [0, 0.05) is 23.2 Å². The van der Waals surface area contributed by atoms with Gasteiger partial charge in [0.05, 0.1) is 22.8 Å². The zero-order valence-electron chi connectivity index (χ0n) is 19.9. The molecule has 0 bridgehead atoms. The van der Waals surface area contributed by atoms with Gasteiger partial charge in [0.2, 0.25) is 5.91 Å². The molecule has 1 amide bonds. The fourth-order valence-electron chi connectivity index (χ4n) is 3.57. The standard InChI is InChI=1S/C27H25N3O4S2/c1-4-13-30-25(32)23-21(18-9-6-5-7-10-18)15-35-24(23)29-27(30)36-16-22(31)28-20-12-8-11-19(14-20)26(33)34-17(2)3/h4-12,14-15,17H,1,13,16H2,2-3H3,(H,28,31). The number of nitrogens with one attached hydrogen (secondary N) is 1. The number of nitrogens with zero attached hydrogens (tertiary/aromatic N) is 2. The second-order valence-electron chi connectivity index (χ2n) is 8.17. The highest BCUT2D eigenvalue weighted by Gasteiger charge is 2.18. The van der Waals surface area contributed by atoms with Crippen LogP contribution in [0.2, 0.25) is 0 Å². The molecule has 0 fully saturated rings. The van der Waals surface area contributed by atoms with Crippen molar-refractivity contribution in [3.63, 3.8) is 0 Å². The molecule has 0 saturated carbocycles. The van der Waals surface area contributed by atoms with Crippen LogP contribution in [0.5, 0.6) is 0 Å². The number of anilines is 1. The van der Waals surface area contributed by atoms with Gasteiger partial charge in [-0.15, -0.1) is 17.9 Å². The quantitative estimate of drug-likeness (QED) is 0.134. The molecule has 2 aromatic carbocycles. The van der Waals surface area contributed by atoms with E-state index in [9.17, 15) is 14.4 Å². The maximum atomic E-state index is 13.4. The van der Waals surface area contributed by atoms with Gasteiger partial charge in [0.1, 0.15) is 4.83 Å². The number of carbonyl (C=O) groups excluding carboxylic acids is 2. The number of thioether (sulfide) groups is 1. The average molecular weight is 520 g/mol. The van der Waals surface area contributed by atoms with E-state index in [1.54, 1.807) is 44.2 Å². The Morgan fingerprint density at radius 2 is 1.97 bits per heavy atom. The van der Waals surface area contributed by atoms with Gasteiger partial charge < -0.3 is 10.1 Å². The van der Waals surface area contributed by atoms with Gasteiger partial charge in [-0.25, -0.2) is 9.78 Å². The number of aromatic nitrogens is 2. The summed E-state index contributed by atoms with van der Waals surface area (Å²) in [5, 5.41) is 5.73. The van der Waals surface area contributed by atoms with Crippen LogP contribution in [0.1, 0.15) is 24.2 Å². The Morgan fingerprint density at radius 1 is 1.19 bits per heavy atom. The summed E-state index contributed by atoms with van der Waals surface area (Å²) in [6.07, 6.45) is 1.40. The van der Waals surface area contributed by atoms with E-state index in [-0.39, 0.29) is 29.9 Å². The third-order valence-corrected chi connectivity index (χ3v) is 6.96. The monoisotopic (exact) mass is 519 g/mol. The molecule has 0 radical (unpaired) electrons. The number of carbonyl (C=O) groups is 2. The molecule has 0 spiro atoms. The molecule has 9 heteroatoms. The van der Waals surface area contributed by atoms with Crippen LogP contribution < -0.4 is 10.9 Å². The molecule has 0 unspecified atom stereocenters. The van der Waals surface area contributed by atoms with Crippen LogP contribution in [-0.2, 0) is 16.1 Å². The summed E-state index contributed by atoms with van der Waals surface area (Å²) in [4.78, 5) is 43.6. The fraction of sp³-hybridized carbons (Fsp3) is 0.185. The number of hydrogen-bond acceptors (Lipinski definition) is 7. The molecule has 0 atom stereocenters. The van der Waals surface area contributed by atoms with Gasteiger partial charge in [-0.3, -0.25) is 14.2 Å². The molecule has 4 rings (SSSR count). The average Bonchev–Trinajstić information content (AvgIpc) is 3.29. The third kappa shape index (κ3) is 5.75. The first kappa shape index (κ1) is 25.4. The van der Waals surface area contributed by atoms with Crippen LogP contribution >= 0.6 is 23.1 Å². The molecular weight excluding hydrogens is 494 g/mol. The summed E-state index contributed by atoms with van der Waals surface area (Å²) < 4.78 is 6.75. The van der Waals surface area contributed by atoms with E-state index in [1.165, 1.54) is 27.7 Å². The third-order valence-electron chi connectivity index (χ3n) is 5.11. The van der Waals surface area contributed by atoms with E-state index in [4.69, 9.17) is 9.72 Å². The van der Waals surface area contributed by atoms with E-state index in [0.29, 0.717) is 26.6 Å². The zero-order valence-corrected chi connectivity index (χ0v) is 21.5. The van der Waals surface area contributed by atoms with Gasteiger partial charge in [-0.2, -0.15) is 0 Å². The zero-order chi connectivity index (χ0) is 25.7. The van der Waals surface area contributed by atoms with E-state index >= 15 is 0 Å². The largest absolute Gasteiger partial charge is 0.459 e. The highest BCUT2D eigenvalue weighted by molar-refractivity contribution is 7.99. The van der Waals surface area contributed by atoms with Gasteiger partial charge >= 0.3 is 5.97 Å². The predicted octanol–water partition coefficient (Wildman–Crippen LogP) is 5.61. The second-order valence-corrected chi connectivity index (χ2v) is 9.97. The topological polar surface area (TPSA) is 90.3 Å². The van der Waals surface area contributed by atoms with Crippen molar-refractivity contribution in [1.82, 2.24) is 9.55 Å². The molecule has 0 saturated heterocycles. The normalized spacial score (nSPS) is 11.0. The van der Waals surface area contributed by atoms with Crippen LogP contribution in [0.3, 0.4) is 0 Å². The first-order valence-electron chi connectivity index (χ1n) is 11.3.